The minimum atomic E-state index is -0.0305. The highest BCUT2D eigenvalue weighted by molar-refractivity contribution is 6.01. The van der Waals surface area contributed by atoms with Gasteiger partial charge in [0, 0.05) is 53.4 Å². The van der Waals surface area contributed by atoms with Crippen molar-refractivity contribution in [2.45, 2.75) is 12.8 Å². The van der Waals surface area contributed by atoms with E-state index in [1.807, 2.05) is 22.8 Å². The van der Waals surface area contributed by atoms with Crippen molar-refractivity contribution >= 4 is 34.7 Å². The van der Waals surface area contributed by atoms with Crippen LogP contribution in [0.4, 0.5) is 23.3 Å². The number of rotatable bonds is 5. The fourth-order valence-electron chi connectivity index (χ4n) is 4.33. The Kier molecular flexibility index (Phi) is 5.52. The molecule has 2 N–H and O–H groups in total. The molecule has 3 aromatic heterocycles. The van der Waals surface area contributed by atoms with Crippen molar-refractivity contribution in [1.82, 2.24) is 29.8 Å². The molecule has 0 atom stereocenters. The first-order valence-electron chi connectivity index (χ1n) is 11.1. The molecule has 2 aliphatic heterocycles. The molecule has 1 amide bonds. The Morgan fingerprint density at radius 2 is 1.81 bits per heavy atom. The summed E-state index contributed by atoms with van der Waals surface area (Å²) in [6.07, 6.45) is 5.85. The number of carbonyl (C=O) groups excluding carboxylic acids is 1. The molecular formula is C22H29N9O. The van der Waals surface area contributed by atoms with Gasteiger partial charge in [0.15, 0.2) is 0 Å². The van der Waals surface area contributed by atoms with Crippen LogP contribution in [0.15, 0.2) is 30.6 Å². The molecular weight excluding hydrogens is 406 g/mol. The summed E-state index contributed by atoms with van der Waals surface area (Å²) in [7, 11) is 3.54. The van der Waals surface area contributed by atoms with Crippen molar-refractivity contribution in [2.24, 2.45) is 0 Å². The summed E-state index contributed by atoms with van der Waals surface area (Å²) in [5.74, 6) is 1.93. The molecule has 0 unspecified atom stereocenters. The summed E-state index contributed by atoms with van der Waals surface area (Å²) in [6, 6.07) is 5.89. The lowest BCUT2D eigenvalue weighted by molar-refractivity contribution is 0.0828. The second-order valence-corrected chi connectivity index (χ2v) is 8.46. The minimum absolute atomic E-state index is 0.0305. The van der Waals surface area contributed by atoms with Gasteiger partial charge < -0.3 is 25.3 Å². The zero-order chi connectivity index (χ0) is 22.1. The number of amides is 1. The Hall–Kier alpha value is -3.40. The fourth-order valence-corrected chi connectivity index (χ4v) is 4.33. The van der Waals surface area contributed by atoms with Crippen LogP contribution in [-0.2, 0) is 0 Å². The molecule has 3 aromatic rings. The molecule has 10 nitrogen and oxygen atoms in total. The maximum Gasteiger partial charge on any atom is 0.257 e. The van der Waals surface area contributed by atoms with Crippen molar-refractivity contribution in [1.29, 1.82) is 0 Å². The molecule has 5 heterocycles. The van der Waals surface area contributed by atoms with Crippen LogP contribution in [0.25, 0.3) is 5.52 Å². The number of hydrogen-bond donors (Lipinski definition) is 2. The highest BCUT2D eigenvalue weighted by Crippen LogP contribution is 2.29. The number of anilines is 4. The normalized spacial score (nSPS) is 16.6. The Balaban J connectivity index is 1.43. The van der Waals surface area contributed by atoms with Gasteiger partial charge in [0.1, 0.15) is 11.6 Å². The molecule has 0 aromatic carbocycles. The van der Waals surface area contributed by atoms with Crippen molar-refractivity contribution in [3.63, 3.8) is 0 Å². The number of fused-ring (bicyclic) bond motifs is 1. The number of nitrogens with zero attached hydrogens (tertiary/aromatic N) is 7. The van der Waals surface area contributed by atoms with Gasteiger partial charge in [-0.25, -0.2) is 14.5 Å². The Morgan fingerprint density at radius 1 is 1.03 bits per heavy atom. The zero-order valence-electron chi connectivity index (χ0n) is 18.6. The summed E-state index contributed by atoms with van der Waals surface area (Å²) in [5, 5.41) is 11.3. The largest absolute Gasteiger partial charge is 0.368 e. The Bertz CT molecular complexity index is 1100. The van der Waals surface area contributed by atoms with E-state index in [1.54, 1.807) is 25.2 Å². The molecule has 0 saturated carbocycles. The van der Waals surface area contributed by atoms with Crippen molar-refractivity contribution < 1.29 is 4.79 Å². The number of piperazine rings is 1. The molecule has 0 aliphatic carbocycles. The van der Waals surface area contributed by atoms with Crippen LogP contribution in [-0.4, -0.2) is 83.8 Å². The third kappa shape index (κ3) is 3.93. The van der Waals surface area contributed by atoms with Gasteiger partial charge in [-0.1, -0.05) is 0 Å². The quantitative estimate of drug-likeness (QED) is 0.624. The van der Waals surface area contributed by atoms with E-state index in [2.05, 4.69) is 36.5 Å². The fraction of sp³-hybridized carbons (Fsp3) is 0.455. The lowest BCUT2D eigenvalue weighted by Crippen LogP contribution is -2.43. The van der Waals surface area contributed by atoms with Gasteiger partial charge >= 0.3 is 0 Å². The number of pyridine rings is 1. The van der Waals surface area contributed by atoms with Gasteiger partial charge in [0.25, 0.3) is 5.91 Å². The van der Waals surface area contributed by atoms with E-state index < -0.39 is 0 Å². The molecule has 0 spiro atoms. The Labute approximate surface area is 187 Å². The lowest BCUT2D eigenvalue weighted by Gasteiger charge is -2.29. The third-order valence-corrected chi connectivity index (χ3v) is 6.00. The van der Waals surface area contributed by atoms with Crippen LogP contribution in [0.5, 0.6) is 0 Å². The average molecular weight is 436 g/mol. The Morgan fingerprint density at radius 3 is 2.50 bits per heavy atom. The molecule has 168 valence electrons. The molecule has 0 bridgehead atoms. The van der Waals surface area contributed by atoms with Gasteiger partial charge in [-0.2, -0.15) is 0 Å². The third-order valence-electron chi connectivity index (χ3n) is 6.00. The van der Waals surface area contributed by atoms with Crippen molar-refractivity contribution in [2.75, 3.05) is 68.5 Å². The molecule has 10 heteroatoms. The number of carbonyl (C=O) groups is 1. The summed E-state index contributed by atoms with van der Waals surface area (Å²) in [5.41, 5.74) is 2.56. The maximum atomic E-state index is 12.8. The highest BCUT2D eigenvalue weighted by Gasteiger charge is 2.26. The van der Waals surface area contributed by atoms with Crippen LogP contribution < -0.4 is 20.4 Å². The van der Waals surface area contributed by atoms with Crippen LogP contribution in [0.1, 0.15) is 23.2 Å². The second-order valence-electron chi connectivity index (χ2n) is 8.46. The topological polar surface area (TPSA) is 93.9 Å². The molecule has 2 fully saturated rings. The van der Waals surface area contributed by atoms with Crippen molar-refractivity contribution in [3.8, 4) is 0 Å². The number of nitrogens with one attached hydrogen (secondary N) is 2. The monoisotopic (exact) mass is 435 g/mol. The molecule has 5 rings (SSSR count). The van der Waals surface area contributed by atoms with E-state index in [9.17, 15) is 4.79 Å². The first-order chi connectivity index (χ1) is 15.6. The van der Waals surface area contributed by atoms with Crippen molar-refractivity contribution in [3.05, 3.63) is 36.2 Å². The van der Waals surface area contributed by atoms with Gasteiger partial charge in [-0.05, 0) is 31.0 Å². The summed E-state index contributed by atoms with van der Waals surface area (Å²) in [4.78, 5) is 28.0. The summed E-state index contributed by atoms with van der Waals surface area (Å²) >= 11 is 0. The number of hydrogen-bond acceptors (Lipinski definition) is 8. The first-order valence-corrected chi connectivity index (χ1v) is 11.1. The van der Waals surface area contributed by atoms with E-state index in [0.717, 1.165) is 69.1 Å². The SMILES string of the molecule is CN(C)C(=O)c1cc2cnc(Nc3ccc(N4CCNCC4)cn3)nn2c1N1CCCC1. The van der Waals surface area contributed by atoms with E-state index in [-0.39, 0.29) is 5.91 Å². The zero-order valence-corrected chi connectivity index (χ0v) is 18.6. The van der Waals surface area contributed by atoms with E-state index in [0.29, 0.717) is 17.3 Å². The second kappa shape index (κ2) is 8.62. The predicted molar refractivity (Wildman–Crippen MR) is 125 cm³/mol. The number of aromatic nitrogens is 4. The maximum absolute atomic E-state index is 12.8. The highest BCUT2D eigenvalue weighted by atomic mass is 16.2. The first kappa shape index (κ1) is 20.5. The summed E-state index contributed by atoms with van der Waals surface area (Å²) < 4.78 is 1.83. The van der Waals surface area contributed by atoms with Crippen LogP contribution in [0.3, 0.4) is 0 Å². The lowest BCUT2D eigenvalue weighted by atomic mass is 10.2. The van der Waals surface area contributed by atoms with Gasteiger partial charge in [-0.15, -0.1) is 5.10 Å². The van der Waals surface area contributed by atoms with E-state index in [1.165, 1.54) is 0 Å². The summed E-state index contributed by atoms with van der Waals surface area (Å²) in [6.45, 7) is 5.78. The van der Waals surface area contributed by atoms with E-state index >= 15 is 0 Å². The van der Waals surface area contributed by atoms with Crippen LogP contribution in [0.2, 0.25) is 0 Å². The van der Waals surface area contributed by atoms with Gasteiger partial charge in [0.2, 0.25) is 5.95 Å². The van der Waals surface area contributed by atoms with Crippen LogP contribution >= 0.6 is 0 Å². The van der Waals surface area contributed by atoms with Crippen LogP contribution in [0, 0.1) is 0 Å². The minimum Gasteiger partial charge on any atom is -0.368 e. The molecule has 32 heavy (non-hydrogen) atoms. The van der Waals surface area contributed by atoms with Gasteiger partial charge in [-0.3, -0.25) is 4.79 Å². The van der Waals surface area contributed by atoms with E-state index in [4.69, 9.17) is 5.10 Å². The average Bonchev–Trinajstić information content (AvgIpc) is 3.47. The predicted octanol–water partition coefficient (Wildman–Crippen LogP) is 1.58. The molecule has 2 saturated heterocycles. The van der Waals surface area contributed by atoms with Gasteiger partial charge in [0.05, 0.1) is 29.2 Å². The standard InChI is InChI=1S/C22H29N9O/c1-28(2)21(32)18-13-17-15-25-22(27-31(17)20(18)30-9-3-4-10-30)26-19-6-5-16(14-24-19)29-11-7-23-8-12-29/h5-6,13-15,23H,3-4,7-12H2,1-2H3,(H,24,26,27). The molecule has 2 aliphatic rings. The smallest absolute Gasteiger partial charge is 0.257 e. The molecule has 0 radical (unpaired) electrons.